The lowest BCUT2D eigenvalue weighted by atomic mass is 10.0. The van der Waals surface area contributed by atoms with Crippen molar-refractivity contribution in [3.63, 3.8) is 0 Å². The Hall–Kier alpha value is -1.60. The molecular weight excluding hydrogens is 278 g/mol. The summed E-state index contributed by atoms with van der Waals surface area (Å²) in [6, 6.07) is 6.78. The van der Waals surface area contributed by atoms with Crippen LogP contribution < -0.4 is 16.4 Å². The summed E-state index contributed by atoms with van der Waals surface area (Å²) in [4.78, 5) is 11.9. The minimum Gasteiger partial charge on any atom is -0.332 e. The van der Waals surface area contributed by atoms with Gasteiger partial charge in [-0.25, -0.2) is 13.2 Å². The Morgan fingerprint density at radius 2 is 2.00 bits per heavy atom. The van der Waals surface area contributed by atoms with E-state index in [-0.39, 0.29) is 11.5 Å². The smallest absolute Gasteiger partial charge is 0.319 e. The summed E-state index contributed by atoms with van der Waals surface area (Å²) in [6.45, 7) is 2.19. The summed E-state index contributed by atoms with van der Waals surface area (Å²) in [6.07, 6.45) is 0.439. The highest BCUT2D eigenvalue weighted by molar-refractivity contribution is 7.91. The minimum absolute atomic E-state index is 0.0144. The molecule has 20 heavy (non-hydrogen) atoms. The number of sulfone groups is 1. The maximum atomic E-state index is 11.9. The molecule has 0 radical (unpaired) electrons. The molecule has 1 aromatic carbocycles. The van der Waals surface area contributed by atoms with Crippen LogP contribution in [0.1, 0.15) is 18.9 Å². The number of rotatable bonds is 3. The molecule has 1 atom stereocenters. The fourth-order valence-electron chi connectivity index (χ4n) is 2.27. The number of hydrogen-bond acceptors (Lipinski definition) is 4. The van der Waals surface area contributed by atoms with Crippen molar-refractivity contribution < 1.29 is 13.2 Å². The van der Waals surface area contributed by atoms with Gasteiger partial charge in [-0.2, -0.15) is 0 Å². The summed E-state index contributed by atoms with van der Waals surface area (Å²) in [5.74, 6) is 0.106. The SMILES string of the molecule is CC1(NC(=O)Nc2ccc(CN)cc2)CCS(=O)(=O)C1. The van der Waals surface area contributed by atoms with Gasteiger partial charge in [-0.15, -0.1) is 0 Å². The molecule has 0 aromatic heterocycles. The van der Waals surface area contributed by atoms with Gasteiger partial charge in [-0.1, -0.05) is 12.1 Å². The molecule has 0 spiro atoms. The predicted octanol–water partition coefficient (Wildman–Crippen LogP) is 0.844. The van der Waals surface area contributed by atoms with Crippen LogP contribution in [0.2, 0.25) is 0 Å². The van der Waals surface area contributed by atoms with Crippen molar-refractivity contribution in [1.29, 1.82) is 0 Å². The zero-order valence-corrected chi connectivity index (χ0v) is 12.2. The van der Waals surface area contributed by atoms with Crippen molar-refractivity contribution in [3.05, 3.63) is 29.8 Å². The normalized spacial score (nSPS) is 24.3. The molecule has 1 aliphatic heterocycles. The lowest BCUT2D eigenvalue weighted by molar-refractivity contribution is 0.242. The average Bonchev–Trinajstić information content (AvgIpc) is 2.64. The number of carbonyl (C=O) groups excluding carboxylic acids is 1. The topological polar surface area (TPSA) is 101 Å². The maximum Gasteiger partial charge on any atom is 0.319 e. The van der Waals surface area contributed by atoms with Gasteiger partial charge in [0.05, 0.1) is 17.0 Å². The molecule has 1 unspecified atom stereocenters. The Morgan fingerprint density at radius 1 is 1.35 bits per heavy atom. The Balaban J connectivity index is 1.95. The van der Waals surface area contributed by atoms with E-state index in [1.807, 2.05) is 12.1 Å². The number of carbonyl (C=O) groups is 1. The maximum absolute atomic E-state index is 11.9. The van der Waals surface area contributed by atoms with Crippen LogP contribution in [0.3, 0.4) is 0 Å². The van der Waals surface area contributed by atoms with E-state index in [0.717, 1.165) is 5.56 Å². The zero-order chi connectivity index (χ0) is 14.8. The van der Waals surface area contributed by atoms with Crippen LogP contribution in [0.4, 0.5) is 10.5 Å². The van der Waals surface area contributed by atoms with Gasteiger partial charge in [0.2, 0.25) is 0 Å². The first-order valence-electron chi connectivity index (χ1n) is 6.41. The van der Waals surface area contributed by atoms with E-state index in [1.54, 1.807) is 19.1 Å². The van der Waals surface area contributed by atoms with Crippen LogP contribution in [0, 0.1) is 0 Å². The molecule has 1 aliphatic rings. The molecule has 1 heterocycles. The third-order valence-corrected chi connectivity index (χ3v) is 5.27. The molecule has 1 fully saturated rings. The van der Waals surface area contributed by atoms with Crippen LogP contribution in [-0.2, 0) is 16.4 Å². The molecule has 2 amide bonds. The number of benzene rings is 1. The third-order valence-electron chi connectivity index (χ3n) is 3.37. The number of nitrogens with two attached hydrogens (primary N) is 1. The Morgan fingerprint density at radius 3 is 2.50 bits per heavy atom. The second kappa shape index (κ2) is 5.41. The van der Waals surface area contributed by atoms with Crippen LogP contribution in [-0.4, -0.2) is 31.5 Å². The van der Waals surface area contributed by atoms with E-state index in [1.165, 1.54) is 0 Å². The predicted molar refractivity (Wildman–Crippen MR) is 78.2 cm³/mol. The number of amides is 2. The standard InChI is InChI=1S/C13H19N3O3S/c1-13(6-7-20(18,19)9-13)16-12(17)15-11-4-2-10(8-14)3-5-11/h2-5H,6-9,14H2,1H3,(H2,15,16,17). The van der Waals surface area contributed by atoms with E-state index in [2.05, 4.69) is 10.6 Å². The van der Waals surface area contributed by atoms with Crippen molar-refractivity contribution in [2.75, 3.05) is 16.8 Å². The van der Waals surface area contributed by atoms with Gasteiger partial charge in [0.15, 0.2) is 9.84 Å². The first-order chi connectivity index (χ1) is 9.32. The lowest BCUT2D eigenvalue weighted by Crippen LogP contribution is -2.48. The quantitative estimate of drug-likeness (QED) is 0.769. The largest absolute Gasteiger partial charge is 0.332 e. The van der Waals surface area contributed by atoms with Gasteiger partial charge in [0.25, 0.3) is 0 Å². The fourth-order valence-corrected chi connectivity index (χ4v) is 4.36. The van der Waals surface area contributed by atoms with E-state index < -0.39 is 21.4 Å². The first-order valence-corrected chi connectivity index (χ1v) is 8.23. The Bertz CT molecular complexity index is 598. The van der Waals surface area contributed by atoms with Gasteiger partial charge in [-0.05, 0) is 31.0 Å². The van der Waals surface area contributed by atoms with Gasteiger partial charge in [-0.3, -0.25) is 0 Å². The monoisotopic (exact) mass is 297 g/mol. The molecule has 4 N–H and O–H groups in total. The highest BCUT2D eigenvalue weighted by Crippen LogP contribution is 2.23. The second-order valence-corrected chi connectivity index (χ2v) is 7.57. The highest BCUT2D eigenvalue weighted by Gasteiger charge is 2.39. The summed E-state index contributed by atoms with van der Waals surface area (Å²) in [5.41, 5.74) is 6.42. The molecule has 110 valence electrons. The third kappa shape index (κ3) is 3.71. The van der Waals surface area contributed by atoms with Gasteiger partial charge in [0.1, 0.15) is 0 Å². The van der Waals surface area contributed by atoms with E-state index in [4.69, 9.17) is 5.73 Å². The van der Waals surface area contributed by atoms with Crippen LogP contribution in [0.5, 0.6) is 0 Å². The molecule has 0 saturated carbocycles. The van der Waals surface area contributed by atoms with Gasteiger partial charge < -0.3 is 16.4 Å². The first kappa shape index (κ1) is 14.8. The molecule has 6 nitrogen and oxygen atoms in total. The summed E-state index contributed by atoms with van der Waals surface area (Å²) in [5, 5.41) is 5.42. The van der Waals surface area contributed by atoms with Gasteiger partial charge in [0, 0.05) is 12.2 Å². The molecular formula is C13H19N3O3S. The van der Waals surface area contributed by atoms with Crippen molar-refractivity contribution in [1.82, 2.24) is 5.32 Å². The zero-order valence-electron chi connectivity index (χ0n) is 11.3. The number of hydrogen-bond donors (Lipinski definition) is 3. The van der Waals surface area contributed by atoms with Gasteiger partial charge >= 0.3 is 6.03 Å². The Kier molecular flexibility index (Phi) is 4.01. The molecule has 1 aromatic rings. The Labute approximate surface area is 118 Å². The number of anilines is 1. The summed E-state index contributed by atoms with van der Waals surface area (Å²) in [7, 11) is -3.04. The van der Waals surface area contributed by atoms with Crippen LogP contribution in [0.15, 0.2) is 24.3 Å². The molecule has 2 rings (SSSR count). The fraction of sp³-hybridized carbons (Fsp3) is 0.462. The number of urea groups is 1. The summed E-state index contributed by atoms with van der Waals surface area (Å²) < 4.78 is 22.9. The summed E-state index contributed by atoms with van der Waals surface area (Å²) >= 11 is 0. The van der Waals surface area contributed by atoms with E-state index in [9.17, 15) is 13.2 Å². The highest BCUT2D eigenvalue weighted by atomic mass is 32.2. The second-order valence-electron chi connectivity index (χ2n) is 5.38. The molecule has 1 saturated heterocycles. The lowest BCUT2D eigenvalue weighted by Gasteiger charge is -2.24. The van der Waals surface area contributed by atoms with Crippen LogP contribution in [0.25, 0.3) is 0 Å². The van der Waals surface area contributed by atoms with Crippen molar-refractivity contribution in [2.24, 2.45) is 5.73 Å². The van der Waals surface area contributed by atoms with Crippen molar-refractivity contribution >= 4 is 21.6 Å². The van der Waals surface area contributed by atoms with Crippen molar-refractivity contribution in [2.45, 2.75) is 25.4 Å². The average molecular weight is 297 g/mol. The van der Waals surface area contributed by atoms with E-state index >= 15 is 0 Å². The molecule has 0 bridgehead atoms. The van der Waals surface area contributed by atoms with E-state index in [0.29, 0.717) is 18.7 Å². The van der Waals surface area contributed by atoms with Crippen LogP contribution >= 0.6 is 0 Å². The molecule has 7 heteroatoms. The van der Waals surface area contributed by atoms with Crippen molar-refractivity contribution in [3.8, 4) is 0 Å². The molecule has 0 aliphatic carbocycles. The number of nitrogens with one attached hydrogen (secondary N) is 2. The minimum atomic E-state index is -3.04.